The fraction of sp³-hybridized carbons (Fsp3) is 0.533. The van der Waals surface area contributed by atoms with Crippen LogP contribution in [-0.4, -0.2) is 43.3 Å². The third kappa shape index (κ3) is 3.77. The van der Waals surface area contributed by atoms with Crippen molar-refractivity contribution >= 4 is 0 Å². The minimum atomic E-state index is -0.0898. The molecule has 0 radical (unpaired) electrons. The molecule has 1 aromatic carbocycles. The second-order valence-electron chi connectivity index (χ2n) is 5.12. The molecule has 4 nitrogen and oxygen atoms in total. The molecule has 1 aliphatic heterocycles. The van der Waals surface area contributed by atoms with E-state index >= 15 is 0 Å². The quantitative estimate of drug-likeness (QED) is 0.886. The molecular weight excluding hydrogens is 238 g/mol. The molecule has 1 aliphatic rings. The van der Waals surface area contributed by atoms with Crippen LogP contribution in [0.25, 0.3) is 0 Å². The van der Waals surface area contributed by atoms with Crippen LogP contribution in [0.5, 0.6) is 0 Å². The van der Waals surface area contributed by atoms with E-state index < -0.39 is 0 Å². The zero-order chi connectivity index (χ0) is 13.7. The van der Waals surface area contributed by atoms with Crippen LogP contribution < -0.4 is 5.73 Å². The number of hydrogen-bond acceptors (Lipinski definition) is 4. The number of morpholine rings is 1. The predicted molar refractivity (Wildman–Crippen MR) is 74.6 cm³/mol. The molecule has 3 atom stereocenters. The van der Waals surface area contributed by atoms with Gasteiger partial charge in [0.15, 0.2) is 0 Å². The molecule has 3 unspecified atom stereocenters. The van der Waals surface area contributed by atoms with Crippen molar-refractivity contribution in [3.8, 4) is 6.07 Å². The molecule has 0 amide bonds. The molecule has 1 fully saturated rings. The molecule has 0 bridgehead atoms. The molecule has 0 spiro atoms. The molecule has 0 aromatic heterocycles. The summed E-state index contributed by atoms with van der Waals surface area (Å²) >= 11 is 0. The summed E-state index contributed by atoms with van der Waals surface area (Å²) in [5, 5.41) is 9.35. The van der Waals surface area contributed by atoms with E-state index in [0.717, 1.165) is 25.2 Å². The first-order valence-corrected chi connectivity index (χ1v) is 6.75. The van der Waals surface area contributed by atoms with E-state index in [1.807, 2.05) is 37.3 Å². The standard InChI is InChI=1S/C15H21N3O/c1-12(17)15-11-18(7-8-19-15)10-14(9-16)13-5-3-2-4-6-13/h2-6,12,14-15H,7-8,10-11,17H2,1H3. The van der Waals surface area contributed by atoms with Gasteiger partial charge in [0.1, 0.15) is 0 Å². The van der Waals surface area contributed by atoms with Gasteiger partial charge in [0.2, 0.25) is 0 Å². The summed E-state index contributed by atoms with van der Waals surface area (Å²) in [5.41, 5.74) is 6.96. The van der Waals surface area contributed by atoms with E-state index in [1.165, 1.54) is 0 Å². The Morgan fingerprint density at radius 2 is 2.21 bits per heavy atom. The maximum atomic E-state index is 9.35. The lowest BCUT2D eigenvalue weighted by atomic mass is 9.99. The number of nitrogens with zero attached hydrogens (tertiary/aromatic N) is 2. The Labute approximate surface area is 114 Å². The molecule has 0 saturated carbocycles. The molecule has 4 heteroatoms. The summed E-state index contributed by atoms with van der Waals surface area (Å²) in [7, 11) is 0. The van der Waals surface area contributed by atoms with Gasteiger partial charge in [-0.1, -0.05) is 30.3 Å². The maximum absolute atomic E-state index is 9.35. The average molecular weight is 259 g/mol. The van der Waals surface area contributed by atoms with E-state index in [1.54, 1.807) is 0 Å². The number of benzene rings is 1. The SMILES string of the molecule is CC(N)C1CN(CC(C#N)c2ccccc2)CCO1. The third-order valence-corrected chi connectivity index (χ3v) is 3.56. The fourth-order valence-corrected chi connectivity index (χ4v) is 2.38. The number of nitrogens with two attached hydrogens (primary N) is 1. The summed E-state index contributed by atoms with van der Waals surface area (Å²) in [6.07, 6.45) is 0.0730. The highest BCUT2D eigenvalue weighted by molar-refractivity contribution is 5.25. The number of hydrogen-bond donors (Lipinski definition) is 1. The topological polar surface area (TPSA) is 62.3 Å². The lowest BCUT2D eigenvalue weighted by molar-refractivity contribution is -0.0380. The first kappa shape index (κ1) is 14.0. The van der Waals surface area contributed by atoms with Gasteiger partial charge in [-0.2, -0.15) is 5.26 Å². The van der Waals surface area contributed by atoms with Gasteiger partial charge >= 0.3 is 0 Å². The molecule has 0 aliphatic carbocycles. The van der Waals surface area contributed by atoms with Gasteiger partial charge in [0.05, 0.1) is 24.7 Å². The van der Waals surface area contributed by atoms with Crippen molar-refractivity contribution in [2.75, 3.05) is 26.2 Å². The van der Waals surface area contributed by atoms with E-state index in [4.69, 9.17) is 10.5 Å². The van der Waals surface area contributed by atoms with Crippen LogP contribution in [0.2, 0.25) is 0 Å². The third-order valence-electron chi connectivity index (χ3n) is 3.56. The highest BCUT2D eigenvalue weighted by Gasteiger charge is 2.25. The van der Waals surface area contributed by atoms with Gasteiger partial charge < -0.3 is 10.5 Å². The van der Waals surface area contributed by atoms with Crippen molar-refractivity contribution in [2.45, 2.75) is 25.0 Å². The number of rotatable bonds is 4. The molecule has 1 heterocycles. The minimum absolute atomic E-state index is 0.0278. The summed E-state index contributed by atoms with van der Waals surface area (Å²) in [6, 6.07) is 12.4. The molecule has 102 valence electrons. The number of ether oxygens (including phenoxy) is 1. The van der Waals surface area contributed by atoms with Crippen molar-refractivity contribution in [1.82, 2.24) is 4.90 Å². The summed E-state index contributed by atoms with van der Waals surface area (Å²) < 4.78 is 5.64. The van der Waals surface area contributed by atoms with Crippen LogP contribution in [0.15, 0.2) is 30.3 Å². The van der Waals surface area contributed by atoms with E-state index in [9.17, 15) is 5.26 Å². The van der Waals surface area contributed by atoms with Gasteiger partial charge in [-0.3, -0.25) is 4.90 Å². The van der Waals surface area contributed by atoms with E-state index in [-0.39, 0.29) is 18.1 Å². The van der Waals surface area contributed by atoms with Gasteiger partial charge in [-0.05, 0) is 12.5 Å². The van der Waals surface area contributed by atoms with Gasteiger partial charge in [-0.15, -0.1) is 0 Å². The minimum Gasteiger partial charge on any atom is -0.374 e. The fourth-order valence-electron chi connectivity index (χ4n) is 2.38. The van der Waals surface area contributed by atoms with Crippen LogP contribution in [0.3, 0.4) is 0 Å². The van der Waals surface area contributed by atoms with E-state index in [0.29, 0.717) is 6.61 Å². The van der Waals surface area contributed by atoms with Gasteiger partial charge in [0.25, 0.3) is 0 Å². The van der Waals surface area contributed by atoms with Crippen LogP contribution in [0.4, 0.5) is 0 Å². The molecule has 2 N–H and O–H groups in total. The van der Waals surface area contributed by atoms with Crippen molar-refractivity contribution < 1.29 is 4.74 Å². The summed E-state index contributed by atoms with van der Waals surface area (Å²) in [4.78, 5) is 2.28. The van der Waals surface area contributed by atoms with Crippen molar-refractivity contribution in [3.05, 3.63) is 35.9 Å². The Hall–Kier alpha value is -1.41. The molecule has 1 aromatic rings. The Morgan fingerprint density at radius 3 is 2.84 bits per heavy atom. The predicted octanol–water partition coefficient (Wildman–Crippen LogP) is 1.34. The zero-order valence-electron chi connectivity index (χ0n) is 11.3. The lowest BCUT2D eigenvalue weighted by Crippen LogP contribution is -2.50. The molecular formula is C15H21N3O. The van der Waals surface area contributed by atoms with Crippen molar-refractivity contribution in [3.63, 3.8) is 0 Å². The first-order valence-electron chi connectivity index (χ1n) is 6.75. The van der Waals surface area contributed by atoms with Crippen molar-refractivity contribution in [2.24, 2.45) is 5.73 Å². The van der Waals surface area contributed by atoms with Gasteiger partial charge in [-0.25, -0.2) is 0 Å². The smallest absolute Gasteiger partial charge is 0.0850 e. The monoisotopic (exact) mass is 259 g/mol. The second-order valence-corrected chi connectivity index (χ2v) is 5.12. The highest BCUT2D eigenvalue weighted by Crippen LogP contribution is 2.18. The second kappa shape index (κ2) is 6.67. The van der Waals surface area contributed by atoms with Gasteiger partial charge in [0, 0.05) is 25.7 Å². The van der Waals surface area contributed by atoms with Crippen LogP contribution in [0, 0.1) is 11.3 Å². The molecule has 2 rings (SSSR count). The molecule has 1 saturated heterocycles. The lowest BCUT2D eigenvalue weighted by Gasteiger charge is -2.35. The largest absolute Gasteiger partial charge is 0.374 e. The molecule has 19 heavy (non-hydrogen) atoms. The Kier molecular flexibility index (Phi) is 4.92. The first-order chi connectivity index (χ1) is 9.20. The Bertz CT molecular complexity index is 427. The summed E-state index contributed by atoms with van der Waals surface area (Å²) in [5.74, 6) is -0.0898. The van der Waals surface area contributed by atoms with Crippen LogP contribution in [0.1, 0.15) is 18.4 Å². The Balaban J connectivity index is 1.97. The zero-order valence-corrected chi connectivity index (χ0v) is 11.3. The highest BCUT2D eigenvalue weighted by atomic mass is 16.5. The van der Waals surface area contributed by atoms with E-state index in [2.05, 4.69) is 11.0 Å². The van der Waals surface area contributed by atoms with Crippen LogP contribution >= 0.6 is 0 Å². The summed E-state index contributed by atoms with van der Waals surface area (Å²) in [6.45, 7) is 5.08. The average Bonchev–Trinajstić information content (AvgIpc) is 2.46. The van der Waals surface area contributed by atoms with Crippen LogP contribution in [-0.2, 0) is 4.74 Å². The normalized spacial score (nSPS) is 23.5. The Morgan fingerprint density at radius 1 is 1.47 bits per heavy atom. The maximum Gasteiger partial charge on any atom is 0.0850 e. The number of nitriles is 1. The van der Waals surface area contributed by atoms with Crippen molar-refractivity contribution in [1.29, 1.82) is 5.26 Å².